The smallest absolute Gasteiger partial charge is 0.227 e. The monoisotopic (exact) mass is 310 g/mol. The highest BCUT2D eigenvalue weighted by Crippen LogP contribution is 2.31. The predicted molar refractivity (Wildman–Crippen MR) is 91.5 cm³/mol. The summed E-state index contributed by atoms with van der Waals surface area (Å²) in [5.41, 5.74) is 6.68. The van der Waals surface area contributed by atoms with Crippen molar-refractivity contribution in [1.29, 1.82) is 0 Å². The van der Waals surface area contributed by atoms with Crippen LogP contribution in [0.1, 0.15) is 25.7 Å². The molecular weight excluding hydrogens is 288 g/mol. The van der Waals surface area contributed by atoms with Crippen LogP contribution in [0.3, 0.4) is 0 Å². The molecule has 1 aliphatic carbocycles. The summed E-state index contributed by atoms with van der Waals surface area (Å²) in [4.78, 5) is 12.5. The normalized spacial score (nSPS) is 20.7. The zero-order valence-corrected chi connectivity index (χ0v) is 13.1. The van der Waals surface area contributed by atoms with E-state index in [1.807, 2.05) is 54.6 Å². The van der Waals surface area contributed by atoms with Crippen LogP contribution in [0.25, 0.3) is 0 Å². The topological polar surface area (TPSA) is 64.4 Å². The van der Waals surface area contributed by atoms with Crippen molar-refractivity contribution in [3.8, 4) is 11.5 Å². The lowest BCUT2D eigenvalue weighted by atomic mass is 9.85. The van der Waals surface area contributed by atoms with Crippen LogP contribution in [0.5, 0.6) is 11.5 Å². The lowest BCUT2D eigenvalue weighted by Gasteiger charge is -2.26. The quantitative estimate of drug-likeness (QED) is 0.899. The maximum absolute atomic E-state index is 12.5. The van der Waals surface area contributed by atoms with Crippen molar-refractivity contribution in [3.63, 3.8) is 0 Å². The Kier molecular flexibility index (Phi) is 4.93. The summed E-state index contributed by atoms with van der Waals surface area (Å²) >= 11 is 0. The Bertz CT molecular complexity index is 657. The second-order valence-corrected chi connectivity index (χ2v) is 6.02. The minimum absolute atomic E-state index is 0.0106. The average Bonchev–Trinajstić information content (AvgIpc) is 2.57. The zero-order valence-electron chi connectivity index (χ0n) is 13.1. The van der Waals surface area contributed by atoms with Crippen molar-refractivity contribution in [1.82, 2.24) is 0 Å². The minimum Gasteiger partial charge on any atom is -0.455 e. The van der Waals surface area contributed by atoms with Crippen molar-refractivity contribution in [2.24, 2.45) is 11.7 Å². The number of ether oxygens (including phenoxy) is 1. The van der Waals surface area contributed by atoms with Crippen molar-refractivity contribution in [2.45, 2.75) is 31.7 Å². The van der Waals surface area contributed by atoms with Gasteiger partial charge >= 0.3 is 0 Å². The number of carbonyl (C=O) groups excluding carboxylic acids is 1. The first-order valence-corrected chi connectivity index (χ1v) is 8.11. The molecule has 0 spiro atoms. The Morgan fingerprint density at radius 3 is 2.57 bits per heavy atom. The largest absolute Gasteiger partial charge is 0.455 e. The molecule has 3 N–H and O–H groups in total. The first-order valence-electron chi connectivity index (χ1n) is 8.11. The molecule has 1 aliphatic rings. The van der Waals surface area contributed by atoms with Crippen molar-refractivity contribution in [3.05, 3.63) is 54.6 Å². The van der Waals surface area contributed by atoms with Gasteiger partial charge < -0.3 is 15.8 Å². The highest BCUT2D eigenvalue weighted by atomic mass is 16.5. The molecule has 0 bridgehead atoms. The lowest BCUT2D eigenvalue weighted by molar-refractivity contribution is -0.120. The number of hydrogen-bond acceptors (Lipinski definition) is 3. The van der Waals surface area contributed by atoms with Crippen molar-refractivity contribution in [2.75, 3.05) is 5.32 Å². The number of anilines is 1. The number of benzene rings is 2. The maximum atomic E-state index is 12.5. The van der Waals surface area contributed by atoms with E-state index in [-0.39, 0.29) is 17.9 Å². The van der Waals surface area contributed by atoms with Gasteiger partial charge in [-0.25, -0.2) is 0 Å². The first-order chi connectivity index (χ1) is 11.2. The molecule has 3 rings (SSSR count). The van der Waals surface area contributed by atoms with Gasteiger partial charge in [-0.2, -0.15) is 0 Å². The van der Waals surface area contributed by atoms with Gasteiger partial charge in [-0.15, -0.1) is 0 Å². The second-order valence-electron chi connectivity index (χ2n) is 6.02. The Morgan fingerprint density at radius 2 is 1.78 bits per heavy atom. The summed E-state index contributed by atoms with van der Waals surface area (Å²) in [5, 5.41) is 3.00. The molecule has 23 heavy (non-hydrogen) atoms. The summed E-state index contributed by atoms with van der Waals surface area (Å²) in [5.74, 6) is 1.41. The van der Waals surface area contributed by atoms with E-state index in [1.54, 1.807) is 0 Å². The number of carbonyl (C=O) groups is 1. The molecule has 2 aromatic rings. The molecule has 120 valence electrons. The molecule has 1 saturated carbocycles. The fraction of sp³-hybridized carbons (Fsp3) is 0.316. The molecule has 0 radical (unpaired) electrons. The molecule has 2 aromatic carbocycles. The van der Waals surface area contributed by atoms with E-state index < -0.39 is 0 Å². The van der Waals surface area contributed by atoms with Gasteiger partial charge in [-0.1, -0.05) is 36.8 Å². The molecule has 4 heteroatoms. The number of para-hydroxylation sites is 3. The fourth-order valence-electron chi connectivity index (χ4n) is 2.97. The van der Waals surface area contributed by atoms with E-state index >= 15 is 0 Å². The molecule has 0 aromatic heterocycles. The summed E-state index contributed by atoms with van der Waals surface area (Å²) in [6, 6.07) is 17.2. The highest BCUT2D eigenvalue weighted by molar-refractivity contribution is 5.94. The Labute approximate surface area is 136 Å². The maximum Gasteiger partial charge on any atom is 0.227 e. The van der Waals surface area contributed by atoms with Crippen molar-refractivity contribution >= 4 is 11.6 Å². The van der Waals surface area contributed by atoms with Gasteiger partial charge in [0.1, 0.15) is 5.75 Å². The van der Waals surface area contributed by atoms with E-state index in [0.29, 0.717) is 11.4 Å². The van der Waals surface area contributed by atoms with Crippen LogP contribution in [-0.4, -0.2) is 11.9 Å². The standard InChI is InChI=1S/C19H22N2O2/c20-15-8-6-7-14(13-15)19(22)21-17-11-4-5-12-18(17)23-16-9-2-1-3-10-16/h1-5,9-12,14-15H,6-8,13,20H2,(H,21,22). The third-order valence-electron chi connectivity index (χ3n) is 4.20. The third kappa shape index (κ3) is 4.11. The van der Waals surface area contributed by atoms with E-state index in [4.69, 9.17) is 10.5 Å². The highest BCUT2D eigenvalue weighted by Gasteiger charge is 2.25. The summed E-state index contributed by atoms with van der Waals surface area (Å²) < 4.78 is 5.88. The van der Waals surface area contributed by atoms with E-state index in [0.717, 1.165) is 31.4 Å². The van der Waals surface area contributed by atoms with Crippen LogP contribution in [0.4, 0.5) is 5.69 Å². The van der Waals surface area contributed by atoms with Gasteiger partial charge in [-0.05, 0) is 43.5 Å². The molecule has 0 aliphatic heterocycles. The number of nitrogens with one attached hydrogen (secondary N) is 1. The predicted octanol–water partition coefficient (Wildman–Crippen LogP) is 3.93. The number of nitrogens with two attached hydrogens (primary N) is 1. The van der Waals surface area contributed by atoms with Crippen LogP contribution >= 0.6 is 0 Å². The minimum atomic E-state index is -0.0106. The van der Waals surface area contributed by atoms with Crippen LogP contribution in [0.15, 0.2) is 54.6 Å². The zero-order chi connectivity index (χ0) is 16.1. The first kappa shape index (κ1) is 15.6. The fourth-order valence-corrected chi connectivity index (χ4v) is 2.97. The van der Waals surface area contributed by atoms with Gasteiger partial charge in [0.25, 0.3) is 0 Å². The Morgan fingerprint density at radius 1 is 1.04 bits per heavy atom. The lowest BCUT2D eigenvalue weighted by Crippen LogP contribution is -2.34. The van der Waals surface area contributed by atoms with Gasteiger partial charge in [0.15, 0.2) is 5.75 Å². The van der Waals surface area contributed by atoms with Crippen molar-refractivity contribution < 1.29 is 9.53 Å². The van der Waals surface area contributed by atoms with Gasteiger partial charge in [0.05, 0.1) is 5.69 Å². The average molecular weight is 310 g/mol. The summed E-state index contributed by atoms with van der Waals surface area (Å²) in [7, 11) is 0. The number of amides is 1. The van der Waals surface area contributed by atoms with Crippen LogP contribution in [0, 0.1) is 5.92 Å². The third-order valence-corrected chi connectivity index (χ3v) is 4.20. The second kappa shape index (κ2) is 7.29. The molecule has 0 saturated heterocycles. The van der Waals surface area contributed by atoms with Gasteiger partial charge in [0.2, 0.25) is 5.91 Å². The molecule has 0 heterocycles. The SMILES string of the molecule is NC1CCCC(C(=O)Nc2ccccc2Oc2ccccc2)C1. The number of rotatable bonds is 4. The van der Waals surface area contributed by atoms with Gasteiger partial charge in [-0.3, -0.25) is 4.79 Å². The van der Waals surface area contributed by atoms with Crippen LogP contribution < -0.4 is 15.8 Å². The van der Waals surface area contributed by atoms with Crippen LogP contribution in [-0.2, 0) is 4.79 Å². The molecule has 2 atom stereocenters. The van der Waals surface area contributed by atoms with Gasteiger partial charge in [0, 0.05) is 12.0 Å². The molecule has 1 fully saturated rings. The van der Waals surface area contributed by atoms with E-state index in [2.05, 4.69) is 5.32 Å². The molecule has 4 nitrogen and oxygen atoms in total. The summed E-state index contributed by atoms with van der Waals surface area (Å²) in [6.07, 6.45) is 3.69. The van der Waals surface area contributed by atoms with E-state index in [9.17, 15) is 4.79 Å². The molecule has 2 unspecified atom stereocenters. The van der Waals surface area contributed by atoms with Crippen LogP contribution in [0.2, 0.25) is 0 Å². The summed E-state index contributed by atoms with van der Waals surface area (Å²) in [6.45, 7) is 0. The molecule has 1 amide bonds. The Balaban J connectivity index is 1.71. The number of hydrogen-bond donors (Lipinski definition) is 2. The van der Waals surface area contributed by atoms with E-state index in [1.165, 1.54) is 0 Å². The molecular formula is C19H22N2O2. The Hall–Kier alpha value is -2.33.